The van der Waals surface area contributed by atoms with Crippen LogP contribution in [-0.2, 0) is 4.74 Å². The van der Waals surface area contributed by atoms with E-state index in [-0.39, 0.29) is 6.03 Å². The number of ether oxygens (including phenoxy) is 2. The number of hydrogen-bond acceptors (Lipinski definition) is 5. The lowest BCUT2D eigenvalue weighted by molar-refractivity contribution is 0.168. The third-order valence-corrected chi connectivity index (χ3v) is 6.36. The summed E-state index contributed by atoms with van der Waals surface area (Å²) in [5, 5.41) is 2.93. The van der Waals surface area contributed by atoms with Gasteiger partial charge in [-0.3, -0.25) is 5.32 Å². The highest BCUT2D eigenvalue weighted by Crippen LogP contribution is 2.33. The molecule has 7 nitrogen and oxygen atoms in total. The summed E-state index contributed by atoms with van der Waals surface area (Å²) in [5.41, 5.74) is 3.40. The minimum absolute atomic E-state index is 0.132. The molecule has 2 atom stereocenters. The molecule has 31 heavy (non-hydrogen) atoms. The molecule has 0 spiro atoms. The zero-order valence-electron chi connectivity index (χ0n) is 17.6. The zero-order chi connectivity index (χ0) is 21.2. The average Bonchev–Trinajstić information content (AvgIpc) is 3.16. The molecule has 2 aliphatic rings. The minimum atomic E-state index is -0.132. The molecule has 0 radical (unpaired) electrons. The number of benzene rings is 2. The van der Waals surface area contributed by atoms with Crippen molar-refractivity contribution in [3.63, 3.8) is 0 Å². The Morgan fingerprint density at radius 2 is 1.81 bits per heavy atom. The summed E-state index contributed by atoms with van der Waals surface area (Å²) in [6, 6.07) is 13.8. The van der Waals surface area contributed by atoms with E-state index in [9.17, 15) is 4.79 Å². The van der Waals surface area contributed by atoms with Gasteiger partial charge in [0.15, 0.2) is 5.82 Å². The Morgan fingerprint density at radius 3 is 2.52 bits per heavy atom. The number of hydrogen-bond donors (Lipinski definition) is 1. The van der Waals surface area contributed by atoms with Gasteiger partial charge in [0.2, 0.25) is 0 Å². The molecule has 0 aliphatic carbocycles. The van der Waals surface area contributed by atoms with Crippen LogP contribution in [0.5, 0.6) is 5.75 Å². The summed E-state index contributed by atoms with van der Waals surface area (Å²) in [6.07, 6.45) is 3.58. The molecule has 1 N–H and O–H groups in total. The molecular formula is C24H26N4O3. The molecule has 2 fully saturated rings. The van der Waals surface area contributed by atoms with E-state index in [1.807, 2.05) is 47.4 Å². The number of aromatic nitrogens is 2. The maximum atomic E-state index is 12.9. The third-order valence-electron chi connectivity index (χ3n) is 6.36. The van der Waals surface area contributed by atoms with E-state index >= 15 is 0 Å². The minimum Gasteiger partial charge on any atom is -0.494 e. The van der Waals surface area contributed by atoms with Crippen molar-refractivity contribution in [2.24, 2.45) is 11.8 Å². The average molecular weight is 418 g/mol. The summed E-state index contributed by atoms with van der Waals surface area (Å²) in [4.78, 5) is 24.1. The lowest BCUT2D eigenvalue weighted by Gasteiger charge is -2.21. The Labute approximate surface area is 181 Å². The smallest absolute Gasteiger partial charge is 0.323 e. The van der Waals surface area contributed by atoms with Crippen molar-refractivity contribution in [1.29, 1.82) is 0 Å². The standard InChI is InChI=1S/C24H26N4O3/c1-30-20-8-7-19(16-5-3-2-4-6-16)22-23(20)26-21(13-25-22)27-24(29)28-11-9-17-14-31-15-18(17)10-12-28/h2-8,13,17-18H,9-12,14-15H2,1H3,(H,26,27,29). The second-order valence-corrected chi connectivity index (χ2v) is 8.19. The maximum absolute atomic E-state index is 12.9. The first-order valence-corrected chi connectivity index (χ1v) is 10.8. The lowest BCUT2D eigenvalue weighted by Crippen LogP contribution is -2.36. The van der Waals surface area contributed by atoms with Gasteiger partial charge in [0, 0.05) is 31.9 Å². The van der Waals surface area contributed by atoms with Crippen LogP contribution in [0.15, 0.2) is 48.7 Å². The maximum Gasteiger partial charge on any atom is 0.323 e. The van der Waals surface area contributed by atoms with Crippen molar-refractivity contribution in [2.75, 3.05) is 38.7 Å². The molecule has 2 aliphatic heterocycles. The normalized spacial score (nSPS) is 20.9. The Hall–Kier alpha value is -3.19. The number of rotatable bonds is 3. The fraction of sp³-hybridized carbons (Fsp3) is 0.375. The predicted octanol–water partition coefficient (Wildman–Crippen LogP) is 4.20. The van der Waals surface area contributed by atoms with Crippen LogP contribution in [0.3, 0.4) is 0 Å². The van der Waals surface area contributed by atoms with Gasteiger partial charge in [-0.15, -0.1) is 0 Å². The molecule has 7 heteroatoms. The van der Waals surface area contributed by atoms with Crippen LogP contribution in [0, 0.1) is 11.8 Å². The lowest BCUT2D eigenvalue weighted by atomic mass is 9.92. The molecule has 0 saturated carbocycles. The van der Waals surface area contributed by atoms with Gasteiger partial charge in [-0.25, -0.2) is 14.8 Å². The number of nitrogens with zero attached hydrogens (tertiary/aromatic N) is 3. The predicted molar refractivity (Wildman–Crippen MR) is 119 cm³/mol. The topological polar surface area (TPSA) is 76.6 Å². The quantitative estimate of drug-likeness (QED) is 0.690. The molecule has 2 amide bonds. The molecule has 0 bridgehead atoms. The van der Waals surface area contributed by atoms with E-state index in [2.05, 4.69) is 15.3 Å². The molecule has 2 saturated heterocycles. The number of likely N-dealkylation sites (tertiary alicyclic amines) is 1. The van der Waals surface area contributed by atoms with Crippen LogP contribution < -0.4 is 10.1 Å². The number of methoxy groups -OCH3 is 1. The van der Waals surface area contributed by atoms with Crippen LogP contribution in [0.25, 0.3) is 22.2 Å². The molecule has 2 aromatic carbocycles. The summed E-state index contributed by atoms with van der Waals surface area (Å²) in [6.45, 7) is 3.11. The van der Waals surface area contributed by atoms with Gasteiger partial charge in [0.1, 0.15) is 16.8 Å². The Kier molecular flexibility index (Phi) is 5.42. The fourth-order valence-corrected chi connectivity index (χ4v) is 4.58. The number of carbonyl (C=O) groups is 1. The first-order valence-electron chi connectivity index (χ1n) is 10.8. The largest absolute Gasteiger partial charge is 0.494 e. The van der Waals surface area contributed by atoms with Crippen LogP contribution in [0.1, 0.15) is 12.8 Å². The molecule has 1 aromatic heterocycles. The van der Waals surface area contributed by atoms with Gasteiger partial charge < -0.3 is 14.4 Å². The number of anilines is 1. The first kappa shape index (κ1) is 19.8. The van der Waals surface area contributed by atoms with Gasteiger partial charge in [-0.05, 0) is 42.4 Å². The van der Waals surface area contributed by atoms with Gasteiger partial charge in [0.05, 0.1) is 13.3 Å². The number of fused-ring (bicyclic) bond motifs is 2. The summed E-state index contributed by atoms with van der Waals surface area (Å²) < 4.78 is 11.1. The summed E-state index contributed by atoms with van der Waals surface area (Å²) in [7, 11) is 1.61. The van der Waals surface area contributed by atoms with Crippen molar-refractivity contribution in [3.8, 4) is 16.9 Å². The van der Waals surface area contributed by atoms with Crippen LogP contribution in [0.2, 0.25) is 0 Å². The van der Waals surface area contributed by atoms with E-state index in [4.69, 9.17) is 9.47 Å². The molecule has 5 rings (SSSR count). The van der Waals surface area contributed by atoms with Crippen molar-refractivity contribution in [1.82, 2.24) is 14.9 Å². The molecule has 3 aromatic rings. The summed E-state index contributed by atoms with van der Waals surface area (Å²) in [5.74, 6) is 2.19. The second kappa shape index (κ2) is 8.51. The number of amides is 2. The first-order chi connectivity index (χ1) is 15.2. The molecule has 2 unspecified atom stereocenters. The van der Waals surface area contributed by atoms with Crippen molar-refractivity contribution in [3.05, 3.63) is 48.7 Å². The molecular weight excluding hydrogens is 392 g/mol. The van der Waals surface area contributed by atoms with E-state index < -0.39 is 0 Å². The Morgan fingerprint density at radius 1 is 1.06 bits per heavy atom. The van der Waals surface area contributed by atoms with Crippen LogP contribution in [0.4, 0.5) is 10.6 Å². The monoisotopic (exact) mass is 418 g/mol. The van der Waals surface area contributed by atoms with E-state index in [0.29, 0.717) is 28.9 Å². The SMILES string of the molecule is COc1ccc(-c2ccccc2)c2ncc(NC(=O)N3CCC4COCC4CC3)nc12. The van der Waals surface area contributed by atoms with Crippen LogP contribution >= 0.6 is 0 Å². The highest BCUT2D eigenvalue weighted by molar-refractivity contribution is 5.96. The van der Waals surface area contributed by atoms with E-state index in [0.717, 1.165) is 55.8 Å². The number of nitrogens with one attached hydrogen (secondary N) is 1. The van der Waals surface area contributed by atoms with Gasteiger partial charge in [-0.1, -0.05) is 30.3 Å². The highest BCUT2D eigenvalue weighted by atomic mass is 16.5. The molecule has 3 heterocycles. The van der Waals surface area contributed by atoms with E-state index in [1.54, 1.807) is 13.3 Å². The van der Waals surface area contributed by atoms with Gasteiger partial charge in [-0.2, -0.15) is 0 Å². The van der Waals surface area contributed by atoms with Crippen LogP contribution in [-0.4, -0.2) is 54.3 Å². The number of urea groups is 1. The van der Waals surface area contributed by atoms with Gasteiger partial charge in [0.25, 0.3) is 0 Å². The van der Waals surface area contributed by atoms with Crippen molar-refractivity contribution >= 4 is 22.9 Å². The van der Waals surface area contributed by atoms with Gasteiger partial charge >= 0.3 is 6.03 Å². The fourth-order valence-electron chi connectivity index (χ4n) is 4.58. The Bertz CT molecular complexity index is 1070. The summed E-state index contributed by atoms with van der Waals surface area (Å²) >= 11 is 0. The third kappa shape index (κ3) is 3.93. The zero-order valence-corrected chi connectivity index (χ0v) is 17.6. The second-order valence-electron chi connectivity index (χ2n) is 8.19. The Balaban J connectivity index is 1.40. The number of carbonyl (C=O) groups excluding carboxylic acids is 1. The molecule has 160 valence electrons. The van der Waals surface area contributed by atoms with Crippen molar-refractivity contribution < 1.29 is 14.3 Å². The van der Waals surface area contributed by atoms with Crippen molar-refractivity contribution in [2.45, 2.75) is 12.8 Å². The van der Waals surface area contributed by atoms with E-state index in [1.165, 1.54) is 0 Å². The highest BCUT2D eigenvalue weighted by Gasteiger charge is 2.32.